The monoisotopic (exact) mass is 304 g/mol. The molecule has 0 aliphatic rings. The number of para-hydroxylation sites is 1. The summed E-state index contributed by atoms with van der Waals surface area (Å²) in [4.78, 5) is 0. The zero-order valence-electron chi connectivity index (χ0n) is 10.8. The van der Waals surface area contributed by atoms with E-state index in [-0.39, 0.29) is 0 Å². The number of rotatable bonds is 3. The lowest BCUT2D eigenvalue weighted by Crippen LogP contribution is -1.99. The van der Waals surface area contributed by atoms with Crippen LogP contribution in [0.15, 0.2) is 48.7 Å². The second kappa shape index (κ2) is 5.49. The first kappa shape index (κ1) is 13.5. The van der Waals surface area contributed by atoms with Crippen molar-refractivity contribution in [1.29, 1.82) is 0 Å². The van der Waals surface area contributed by atoms with Gasteiger partial charge in [0.2, 0.25) is 0 Å². The number of nitrogens with zero attached hydrogens (tertiary/aromatic N) is 1. The van der Waals surface area contributed by atoms with E-state index >= 15 is 0 Å². The fourth-order valence-corrected chi connectivity index (χ4v) is 2.92. The Bertz CT molecular complexity index is 762. The summed E-state index contributed by atoms with van der Waals surface area (Å²) >= 11 is 12.2. The van der Waals surface area contributed by atoms with Gasteiger partial charge in [-0.15, -0.1) is 0 Å². The number of benzene rings is 2. The molecule has 20 heavy (non-hydrogen) atoms. The quantitative estimate of drug-likeness (QED) is 0.761. The van der Waals surface area contributed by atoms with E-state index in [1.54, 1.807) is 6.07 Å². The normalized spacial score (nSPS) is 11.2. The molecular weight excluding hydrogens is 291 g/mol. The Kier molecular flexibility index (Phi) is 3.70. The van der Waals surface area contributed by atoms with Crippen LogP contribution in [0.1, 0.15) is 11.1 Å². The van der Waals surface area contributed by atoms with Crippen LogP contribution in [-0.4, -0.2) is 4.57 Å². The lowest BCUT2D eigenvalue weighted by Gasteiger charge is -2.08. The molecule has 0 fully saturated rings. The van der Waals surface area contributed by atoms with Crippen molar-refractivity contribution in [2.75, 3.05) is 0 Å². The minimum atomic E-state index is 0.530. The third-order valence-electron chi connectivity index (χ3n) is 3.45. The van der Waals surface area contributed by atoms with Crippen LogP contribution in [-0.2, 0) is 13.1 Å². The third kappa shape index (κ3) is 2.42. The fourth-order valence-electron chi connectivity index (χ4n) is 2.45. The first-order valence-electron chi connectivity index (χ1n) is 6.40. The number of hydrogen-bond acceptors (Lipinski definition) is 1. The van der Waals surface area contributed by atoms with Gasteiger partial charge in [-0.2, -0.15) is 0 Å². The van der Waals surface area contributed by atoms with E-state index in [2.05, 4.69) is 22.9 Å². The van der Waals surface area contributed by atoms with E-state index in [1.165, 1.54) is 10.9 Å². The highest BCUT2D eigenvalue weighted by Gasteiger charge is 2.09. The average Bonchev–Trinajstić information content (AvgIpc) is 2.80. The van der Waals surface area contributed by atoms with Crippen molar-refractivity contribution in [3.63, 3.8) is 0 Å². The first-order valence-corrected chi connectivity index (χ1v) is 7.15. The molecule has 102 valence electrons. The topological polar surface area (TPSA) is 30.9 Å². The van der Waals surface area contributed by atoms with Gasteiger partial charge in [0.1, 0.15) is 0 Å². The maximum atomic E-state index is 6.25. The number of fused-ring (bicyclic) bond motifs is 1. The largest absolute Gasteiger partial charge is 0.343 e. The molecule has 0 spiro atoms. The van der Waals surface area contributed by atoms with Crippen molar-refractivity contribution < 1.29 is 0 Å². The molecule has 0 bridgehead atoms. The molecule has 3 rings (SSSR count). The number of nitrogens with two attached hydrogens (primary N) is 1. The van der Waals surface area contributed by atoms with Gasteiger partial charge >= 0.3 is 0 Å². The van der Waals surface area contributed by atoms with Crippen LogP contribution in [0.2, 0.25) is 10.0 Å². The molecule has 0 radical (unpaired) electrons. The van der Waals surface area contributed by atoms with Crippen molar-refractivity contribution in [3.05, 3.63) is 69.8 Å². The molecule has 0 atom stereocenters. The minimum absolute atomic E-state index is 0.530. The fraction of sp³-hybridized carbons (Fsp3) is 0.125. The summed E-state index contributed by atoms with van der Waals surface area (Å²) in [6.07, 6.45) is 2.09. The van der Waals surface area contributed by atoms with Crippen molar-refractivity contribution in [2.24, 2.45) is 5.73 Å². The molecule has 0 saturated heterocycles. The standard InChI is InChI=1S/C16H14Cl2N2/c17-13-6-5-11(15(18)7-13)9-20-10-12(8-19)14-3-1-2-4-16(14)20/h1-7,10H,8-9,19H2. The lowest BCUT2D eigenvalue weighted by atomic mass is 10.2. The van der Waals surface area contributed by atoms with Crippen LogP contribution in [0, 0.1) is 0 Å². The van der Waals surface area contributed by atoms with Crippen molar-refractivity contribution in [3.8, 4) is 0 Å². The van der Waals surface area contributed by atoms with Crippen molar-refractivity contribution in [2.45, 2.75) is 13.1 Å². The SMILES string of the molecule is NCc1cn(Cc2ccc(Cl)cc2Cl)c2ccccc12. The Balaban J connectivity index is 2.06. The summed E-state index contributed by atoms with van der Waals surface area (Å²) in [5.41, 5.74) is 9.17. The van der Waals surface area contributed by atoms with E-state index in [1.807, 2.05) is 24.3 Å². The summed E-state index contributed by atoms with van der Waals surface area (Å²) in [5.74, 6) is 0. The second-order valence-corrected chi connectivity index (χ2v) is 5.58. The molecule has 3 aromatic rings. The minimum Gasteiger partial charge on any atom is -0.343 e. The van der Waals surface area contributed by atoms with Crippen LogP contribution in [0.4, 0.5) is 0 Å². The van der Waals surface area contributed by atoms with Crippen LogP contribution >= 0.6 is 23.2 Å². The Morgan fingerprint density at radius 2 is 1.80 bits per heavy atom. The highest BCUT2D eigenvalue weighted by Crippen LogP contribution is 2.25. The van der Waals surface area contributed by atoms with Gasteiger partial charge in [-0.3, -0.25) is 0 Å². The van der Waals surface area contributed by atoms with Crippen molar-refractivity contribution >= 4 is 34.1 Å². The van der Waals surface area contributed by atoms with Crippen LogP contribution in [0.5, 0.6) is 0 Å². The predicted molar refractivity (Wildman–Crippen MR) is 85.4 cm³/mol. The first-order chi connectivity index (χ1) is 9.69. The zero-order chi connectivity index (χ0) is 14.1. The van der Waals surface area contributed by atoms with E-state index in [0.29, 0.717) is 23.1 Å². The van der Waals surface area contributed by atoms with Gasteiger partial charge in [0, 0.05) is 40.2 Å². The maximum absolute atomic E-state index is 6.25. The Morgan fingerprint density at radius 1 is 1.00 bits per heavy atom. The zero-order valence-corrected chi connectivity index (χ0v) is 12.3. The molecule has 0 aliphatic carbocycles. The third-order valence-corrected chi connectivity index (χ3v) is 4.03. The van der Waals surface area contributed by atoms with Gasteiger partial charge in [-0.05, 0) is 29.3 Å². The Morgan fingerprint density at radius 3 is 2.55 bits per heavy atom. The summed E-state index contributed by atoms with van der Waals surface area (Å²) in [6, 6.07) is 13.8. The van der Waals surface area contributed by atoms with Crippen molar-refractivity contribution in [1.82, 2.24) is 4.57 Å². The highest BCUT2D eigenvalue weighted by molar-refractivity contribution is 6.35. The van der Waals surface area contributed by atoms with Gasteiger partial charge in [-0.1, -0.05) is 47.5 Å². The van der Waals surface area contributed by atoms with E-state index in [4.69, 9.17) is 28.9 Å². The lowest BCUT2D eigenvalue weighted by molar-refractivity contribution is 0.830. The summed E-state index contributed by atoms with van der Waals surface area (Å²) < 4.78 is 2.17. The molecule has 0 amide bonds. The highest BCUT2D eigenvalue weighted by atomic mass is 35.5. The molecule has 1 heterocycles. The molecule has 1 aromatic heterocycles. The predicted octanol–water partition coefficient (Wildman–Crippen LogP) is 4.46. The van der Waals surface area contributed by atoms with Gasteiger partial charge in [0.15, 0.2) is 0 Å². The molecule has 0 aliphatic heterocycles. The molecule has 0 unspecified atom stereocenters. The summed E-state index contributed by atoms with van der Waals surface area (Å²) in [5, 5.41) is 2.53. The number of halogens is 2. The van der Waals surface area contributed by atoms with Crippen LogP contribution in [0.25, 0.3) is 10.9 Å². The molecule has 2 nitrogen and oxygen atoms in total. The van der Waals surface area contributed by atoms with Gasteiger partial charge in [0.05, 0.1) is 0 Å². The molecule has 2 aromatic carbocycles. The molecule has 2 N–H and O–H groups in total. The van der Waals surface area contributed by atoms with Gasteiger partial charge in [-0.25, -0.2) is 0 Å². The average molecular weight is 305 g/mol. The summed E-state index contributed by atoms with van der Waals surface area (Å²) in [6.45, 7) is 1.23. The van der Waals surface area contributed by atoms with E-state index in [9.17, 15) is 0 Å². The maximum Gasteiger partial charge on any atom is 0.0491 e. The van der Waals surface area contributed by atoms with Crippen LogP contribution in [0.3, 0.4) is 0 Å². The smallest absolute Gasteiger partial charge is 0.0491 e. The number of hydrogen-bond donors (Lipinski definition) is 1. The van der Waals surface area contributed by atoms with E-state index < -0.39 is 0 Å². The van der Waals surface area contributed by atoms with E-state index in [0.717, 1.165) is 11.1 Å². The second-order valence-electron chi connectivity index (χ2n) is 4.74. The molecular formula is C16H14Cl2N2. The van der Waals surface area contributed by atoms with Gasteiger partial charge in [0.25, 0.3) is 0 Å². The summed E-state index contributed by atoms with van der Waals surface area (Å²) in [7, 11) is 0. The van der Waals surface area contributed by atoms with Gasteiger partial charge < -0.3 is 10.3 Å². The Labute approximate surface area is 127 Å². The molecule has 4 heteroatoms. The Hall–Kier alpha value is -1.48. The number of aromatic nitrogens is 1. The molecule has 0 saturated carbocycles. The van der Waals surface area contributed by atoms with Crippen LogP contribution < -0.4 is 5.73 Å².